The van der Waals surface area contributed by atoms with Crippen molar-refractivity contribution in [3.8, 4) is 11.1 Å². The maximum atomic E-state index is 12.7. The van der Waals surface area contributed by atoms with Crippen molar-refractivity contribution in [1.29, 1.82) is 0 Å². The number of rotatable bonds is 4. The molecule has 2 nitrogen and oxygen atoms in total. The highest BCUT2D eigenvalue weighted by Gasteiger charge is 2.10. The van der Waals surface area contributed by atoms with Crippen LogP contribution in [0.15, 0.2) is 97.1 Å². The summed E-state index contributed by atoms with van der Waals surface area (Å²) in [7, 11) is 0. The number of hydrogen-bond acceptors (Lipinski definition) is 1. The summed E-state index contributed by atoms with van der Waals surface area (Å²) in [6.07, 6.45) is 0.352. The number of benzene rings is 4. The molecule has 0 bridgehead atoms. The van der Waals surface area contributed by atoms with Gasteiger partial charge in [-0.25, -0.2) is 0 Å². The van der Waals surface area contributed by atoms with Crippen LogP contribution in [0.25, 0.3) is 21.9 Å². The van der Waals surface area contributed by atoms with Crippen molar-refractivity contribution in [2.75, 3.05) is 5.32 Å². The highest BCUT2D eigenvalue weighted by molar-refractivity contribution is 5.99. The Bertz CT molecular complexity index is 1050. The molecule has 4 rings (SSSR count). The average molecular weight is 337 g/mol. The van der Waals surface area contributed by atoms with Gasteiger partial charge in [0.05, 0.1) is 6.42 Å². The van der Waals surface area contributed by atoms with Gasteiger partial charge in [-0.1, -0.05) is 91.0 Å². The predicted molar refractivity (Wildman–Crippen MR) is 108 cm³/mol. The van der Waals surface area contributed by atoms with E-state index in [1.165, 1.54) is 0 Å². The van der Waals surface area contributed by atoms with E-state index < -0.39 is 0 Å². The Morgan fingerprint density at radius 1 is 0.692 bits per heavy atom. The van der Waals surface area contributed by atoms with Gasteiger partial charge in [0.2, 0.25) is 5.91 Å². The molecule has 2 heteroatoms. The van der Waals surface area contributed by atoms with Gasteiger partial charge in [-0.2, -0.15) is 0 Å². The Balaban J connectivity index is 1.60. The summed E-state index contributed by atoms with van der Waals surface area (Å²) < 4.78 is 0. The molecule has 1 amide bonds. The van der Waals surface area contributed by atoms with Gasteiger partial charge < -0.3 is 5.32 Å². The van der Waals surface area contributed by atoms with Crippen molar-refractivity contribution in [2.24, 2.45) is 0 Å². The molecule has 0 spiro atoms. The van der Waals surface area contributed by atoms with Crippen molar-refractivity contribution in [3.63, 3.8) is 0 Å². The Kier molecular flexibility index (Phi) is 4.48. The fraction of sp³-hybridized carbons (Fsp3) is 0.0417. The second-order valence-corrected chi connectivity index (χ2v) is 6.27. The summed E-state index contributed by atoms with van der Waals surface area (Å²) in [4.78, 5) is 12.7. The number of carbonyl (C=O) groups excluding carboxylic acids is 1. The zero-order valence-electron chi connectivity index (χ0n) is 14.4. The third kappa shape index (κ3) is 3.35. The van der Waals surface area contributed by atoms with Crippen LogP contribution >= 0.6 is 0 Å². The first kappa shape index (κ1) is 16.1. The van der Waals surface area contributed by atoms with Gasteiger partial charge in [-0.05, 0) is 28.0 Å². The number of nitrogens with one attached hydrogen (secondary N) is 1. The Labute approximate surface area is 153 Å². The predicted octanol–water partition coefficient (Wildman–Crippen LogP) is 5.69. The Morgan fingerprint density at radius 2 is 1.38 bits per heavy atom. The van der Waals surface area contributed by atoms with Crippen molar-refractivity contribution in [1.82, 2.24) is 0 Å². The number of para-hydroxylation sites is 1. The van der Waals surface area contributed by atoms with Crippen LogP contribution in [-0.4, -0.2) is 5.91 Å². The van der Waals surface area contributed by atoms with E-state index in [4.69, 9.17) is 0 Å². The molecule has 0 saturated heterocycles. The molecule has 0 aromatic heterocycles. The molecule has 4 aromatic carbocycles. The lowest BCUT2D eigenvalue weighted by Crippen LogP contribution is -2.15. The van der Waals surface area contributed by atoms with E-state index in [1.807, 2.05) is 66.7 Å². The minimum Gasteiger partial charge on any atom is -0.325 e. The highest BCUT2D eigenvalue weighted by atomic mass is 16.1. The average Bonchev–Trinajstić information content (AvgIpc) is 2.69. The van der Waals surface area contributed by atoms with Gasteiger partial charge in [0.1, 0.15) is 0 Å². The molecule has 0 aliphatic rings. The molecule has 0 radical (unpaired) electrons. The zero-order chi connectivity index (χ0) is 17.8. The van der Waals surface area contributed by atoms with Gasteiger partial charge in [0.25, 0.3) is 0 Å². The third-order valence-electron chi connectivity index (χ3n) is 4.52. The minimum absolute atomic E-state index is 0.00951. The van der Waals surface area contributed by atoms with Crippen molar-refractivity contribution in [2.45, 2.75) is 6.42 Å². The molecule has 26 heavy (non-hydrogen) atoms. The largest absolute Gasteiger partial charge is 0.325 e. The quantitative estimate of drug-likeness (QED) is 0.509. The normalized spacial score (nSPS) is 10.6. The van der Waals surface area contributed by atoms with Crippen LogP contribution in [0, 0.1) is 0 Å². The van der Waals surface area contributed by atoms with E-state index in [-0.39, 0.29) is 5.91 Å². The number of anilines is 1. The molecule has 1 N–H and O–H groups in total. The fourth-order valence-electron chi connectivity index (χ4n) is 3.28. The van der Waals surface area contributed by atoms with Gasteiger partial charge in [0, 0.05) is 11.3 Å². The van der Waals surface area contributed by atoms with E-state index in [0.717, 1.165) is 33.2 Å². The molecule has 0 saturated carbocycles. The lowest BCUT2D eigenvalue weighted by Gasteiger charge is -2.12. The van der Waals surface area contributed by atoms with Crippen molar-refractivity contribution < 1.29 is 4.79 Å². The summed E-state index contributed by atoms with van der Waals surface area (Å²) in [5.41, 5.74) is 4.00. The third-order valence-corrected chi connectivity index (χ3v) is 4.52. The highest BCUT2D eigenvalue weighted by Crippen LogP contribution is 2.28. The molecule has 0 atom stereocenters. The first-order valence-corrected chi connectivity index (χ1v) is 8.72. The van der Waals surface area contributed by atoms with E-state index in [1.54, 1.807) is 0 Å². The van der Waals surface area contributed by atoms with E-state index >= 15 is 0 Å². The second kappa shape index (κ2) is 7.24. The van der Waals surface area contributed by atoms with E-state index in [2.05, 4.69) is 35.6 Å². The van der Waals surface area contributed by atoms with Gasteiger partial charge in [-0.15, -0.1) is 0 Å². The van der Waals surface area contributed by atoms with Gasteiger partial charge >= 0.3 is 0 Å². The molecule has 0 heterocycles. The molecule has 0 fully saturated rings. The lowest BCUT2D eigenvalue weighted by atomic mass is 10.0. The molecular formula is C24H19NO. The second-order valence-electron chi connectivity index (χ2n) is 6.27. The van der Waals surface area contributed by atoms with Crippen LogP contribution in [0.3, 0.4) is 0 Å². The van der Waals surface area contributed by atoms with E-state index in [0.29, 0.717) is 6.42 Å². The molecule has 0 aliphatic heterocycles. The van der Waals surface area contributed by atoms with Gasteiger partial charge in [0.15, 0.2) is 0 Å². The van der Waals surface area contributed by atoms with Crippen LogP contribution in [0.4, 0.5) is 5.69 Å². The fourth-order valence-corrected chi connectivity index (χ4v) is 3.28. The molecule has 4 aromatic rings. The molecule has 0 unspecified atom stereocenters. The summed E-state index contributed by atoms with van der Waals surface area (Å²) in [6.45, 7) is 0. The summed E-state index contributed by atoms with van der Waals surface area (Å²) in [5.74, 6) is -0.00951. The Hall–Kier alpha value is -3.39. The monoisotopic (exact) mass is 337 g/mol. The lowest BCUT2D eigenvalue weighted by molar-refractivity contribution is -0.115. The molecular weight excluding hydrogens is 318 g/mol. The van der Waals surface area contributed by atoms with Crippen molar-refractivity contribution >= 4 is 22.4 Å². The first-order chi connectivity index (χ1) is 12.8. The summed E-state index contributed by atoms with van der Waals surface area (Å²) in [6, 6.07) is 32.3. The number of fused-ring (bicyclic) bond motifs is 1. The number of amides is 1. The SMILES string of the molecule is O=C(Cc1cccc2ccccc12)Nc1ccccc1-c1ccccc1. The number of hydrogen-bond donors (Lipinski definition) is 1. The smallest absolute Gasteiger partial charge is 0.228 e. The topological polar surface area (TPSA) is 29.1 Å². The van der Waals surface area contributed by atoms with Crippen LogP contribution in [0.2, 0.25) is 0 Å². The Morgan fingerprint density at radius 3 is 2.27 bits per heavy atom. The minimum atomic E-state index is -0.00951. The van der Waals surface area contributed by atoms with Crippen LogP contribution in [-0.2, 0) is 11.2 Å². The summed E-state index contributed by atoms with van der Waals surface area (Å²) >= 11 is 0. The van der Waals surface area contributed by atoms with Crippen molar-refractivity contribution in [3.05, 3.63) is 103 Å². The number of carbonyl (C=O) groups is 1. The standard InChI is InChI=1S/C24H19NO/c26-24(17-20-13-8-12-18-11-4-5-14-21(18)20)25-23-16-7-6-15-22(23)19-9-2-1-3-10-19/h1-16H,17H2,(H,25,26). The van der Waals surface area contributed by atoms with E-state index in [9.17, 15) is 4.79 Å². The van der Waals surface area contributed by atoms with Crippen LogP contribution in [0.1, 0.15) is 5.56 Å². The maximum absolute atomic E-state index is 12.7. The maximum Gasteiger partial charge on any atom is 0.228 e. The molecule has 0 aliphatic carbocycles. The first-order valence-electron chi connectivity index (χ1n) is 8.72. The van der Waals surface area contributed by atoms with Crippen LogP contribution in [0.5, 0.6) is 0 Å². The van der Waals surface area contributed by atoms with Crippen LogP contribution < -0.4 is 5.32 Å². The zero-order valence-corrected chi connectivity index (χ0v) is 14.4. The van der Waals surface area contributed by atoms with Gasteiger partial charge in [-0.3, -0.25) is 4.79 Å². The molecule has 126 valence electrons. The summed E-state index contributed by atoms with van der Waals surface area (Å²) in [5, 5.41) is 5.36.